The maximum absolute atomic E-state index is 12.2. The maximum atomic E-state index is 12.2. The second-order valence-corrected chi connectivity index (χ2v) is 7.68. The minimum Gasteiger partial charge on any atom is -0.319 e. The van der Waals surface area contributed by atoms with Crippen LogP contribution in [0.5, 0.6) is 0 Å². The molecule has 4 heteroatoms. The first-order valence-electron chi connectivity index (χ1n) is 6.56. The molecule has 0 N–H and O–H groups in total. The quantitative estimate of drug-likeness (QED) is 0.626. The molecule has 2 aromatic rings. The van der Waals surface area contributed by atoms with Crippen LogP contribution in [0.2, 0.25) is 5.02 Å². The van der Waals surface area contributed by atoms with E-state index < -0.39 is 0 Å². The van der Waals surface area contributed by atoms with Crippen LogP contribution in [0.25, 0.3) is 5.69 Å². The third kappa shape index (κ3) is 2.42. The van der Waals surface area contributed by atoms with Gasteiger partial charge < -0.3 is 4.57 Å². The van der Waals surface area contributed by atoms with Gasteiger partial charge in [0.25, 0.3) is 0 Å². The lowest BCUT2D eigenvalue weighted by molar-refractivity contribution is 0.0911. The fourth-order valence-corrected chi connectivity index (χ4v) is 3.98. The predicted octanol–water partition coefficient (Wildman–Crippen LogP) is 4.89. The number of aromatic nitrogens is 1. The van der Waals surface area contributed by atoms with Crippen molar-refractivity contribution in [1.29, 1.82) is 0 Å². The van der Waals surface area contributed by atoms with Crippen molar-refractivity contribution in [1.82, 2.24) is 4.57 Å². The van der Waals surface area contributed by atoms with Gasteiger partial charge in [0.05, 0.1) is 5.69 Å². The number of carbonyl (C=O) groups excluding carboxylic acids is 1. The second kappa shape index (κ2) is 4.88. The standard InChI is InChI=1S/C16H15ClINO/c1-16(2)8-14-11(15(20)9-16)5-6-19(14)13-4-3-10(17)7-12(13)18/h3-7H,8-9H2,1-2H3. The van der Waals surface area contributed by atoms with Gasteiger partial charge in [0.2, 0.25) is 0 Å². The number of rotatable bonds is 1. The number of hydrogen-bond donors (Lipinski definition) is 0. The summed E-state index contributed by atoms with van der Waals surface area (Å²) in [6, 6.07) is 7.79. The summed E-state index contributed by atoms with van der Waals surface area (Å²) in [5.41, 5.74) is 3.10. The lowest BCUT2D eigenvalue weighted by Gasteiger charge is -2.29. The predicted molar refractivity (Wildman–Crippen MR) is 89.9 cm³/mol. The summed E-state index contributed by atoms with van der Waals surface area (Å²) < 4.78 is 3.22. The molecule has 3 rings (SSSR count). The molecule has 0 aliphatic heterocycles. The lowest BCUT2D eigenvalue weighted by Crippen LogP contribution is -2.27. The van der Waals surface area contributed by atoms with E-state index in [1.165, 1.54) is 0 Å². The summed E-state index contributed by atoms with van der Waals surface area (Å²) in [5.74, 6) is 0.249. The van der Waals surface area contributed by atoms with Crippen molar-refractivity contribution in [2.75, 3.05) is 0 Å². The largest absolute Gasteiger partial charge is 0.319 e. The van der Waals surface area contributed by atoms with E-state index in [0.717, 1.165) is 32.0 Å². The summed E-state index contributed by atoms with van der Waals surface area (Å²) in [4.78, 5) is 12.2. The fourth-order valence-electron chi connectivity index (χ4n) is 2.85. The van der Waals surface area contributed by atoms with Gasteiger partial charge in [-0.3, -0.25) is 4.79 Å². The van der Waals surface area contributed by atoms with E-state index in [9.17, 15) is 4.79 Å². The van der Waals surface area contributed by atoms with Gasteiger partial charge in [0.15, 0.2) is 5.78 Å². The Morgan fingerprint density at radius 1 is 1.25 bits per heavy atom. The van der Waals surface area contributed by atoms with Crippen LogP contribution in [0.1, 0.15) is 36.3 Å². The molecule has 0 fully saturated rings. The van der Waals surface area contributed by atoms with Gasteiger partial charge in [-0.25, -0.2) is 0 Å². The molecule has 1 aliphatic rings. The SMILES string of the molecule is CC1(C)CC(=O)c2ccn(-c3ccc(Cl)cc3I)c2C1. The molecular weight excluding hydrogens is 385 g/mol. The van der Waals surface area contributed by atoms with E-state index in [2.05, 4.69) is 41.0 Å². The normalized spacial score (nSPS) is 17.1. The lowest BCUT2D eigenvalue weighted by atomic mass is 9.76. The third-order valence-corrected chi connectivity index (χ3v) is 4.85. The van der Waals surface area contributed by atoms with Crippen LogP contribution in [0.15, 0.2) is 30.5 Å². The molecule has 1 aliphatic carbocycles. The number of benzene rings is 1. The maximum Gasteiger partial charge on any atom is 0.165 e. The highest BCUT2D eigenvalue weighted by atomic mass is 127. The fraction of sp³-hybridized carbons (Fsp3) is 0.312. The molecule has 1 aromatic carbocycles. The molecule has 0 saturated carbocycles. The van der Waals surface area contributed by atoms with Crippen LogP contribution in [-0.4, -0.2) is 10.4 Å². The van der Waals surface area contributed by atoms with Crippen molar-refractivity contribution in [2.45, 2.75) is 26.7 Å². The number of fused-ring (bicyclic) bond motifs is 1. The van der Waals surface area contributed by atoms with Crippen LogP contribution in [0, 0.1) is 8.99 Å². The average Bonchev–Trinajstić information content (AvgIpc) is 2.71. The average molecular weight is 400 g/mol. The van der Waals surface area contributed by atoms with Gasteiger partial charge in [-0.05, 0) is 58.7 Å². The van der Waals surface area contributed by atoms with Gasteiger partial charge in [0, 0.05) is 32.5 Å². The number of Topliss-reactive ketones (excluding diaryl/α,β-unsaturated/α-hetero) is 1. The van der Waals surface area contributed by atoms with E-state index in [4.69, 9.17) is 11.6 Å². The van der Waals surface area contributed by atoms with Crippen LogP contribution >= 0.6 is 34.2 Å². The van der Waals surface area contributed by atoms with Crippen LogP contribution < -0.4 is 0 Å². The molecule has 1 aromatic heterocycles. The molecule has 1 heterocycles. The Hall–Kier alpha value is -0.810. The number of carbonyl (C=O) groups is 1. The molecule has 0 bridgehead atoms. The number of halogens is 2. The smallest absolute Gasteiger partial charge is 0.165 e. The van der Waals surface area contributed by atoms with Crippen molar-refractivity contribution in [3.63, 3.8) is 0 Å². The number of ketones is 1. The molecule has 0 unspecified atom stereocenters. The van der Waals surface area contributed by atoms with Crippen molar-refractivity contribution < 1.29 is 4.79 Å². The highest BCUT2D eigenvalue weighted by Crippen LogP contribution is 2.37. The highest BCUT2D eigenvalue weighted by Gasteiger charge is 2.33. The van der Waals surface area contributed by atoms with E-state index in [1.54, 1.807) is 0 Å². The topological polar surface area (TPSA) is 22.0 Å². The Kier molecular flexibility index (Phi) is 3.45. The van der Waals surface area contributed by atoms with E-state index >= 15 is 0 Å². The summed E-state index contributed by atoms with van der Waals surface area (Å²) in [6.45, 7) is 4.30. The van der Waals surface area contributed by atoms with E-state index in [0.29, 0.717) is 6.42 Å². The molecule has 2 nitrogen and oxygen atoms in total. The van der Waals surface area contributed by atoms with Crippen LogP contribution in [-0.2, 0) is 6.42 Å². The number of hydrogen-bond acceptors (Lipinski definition) is 1. The van der Waals surface area contributed by atoms with Crippen LogP contribution in [0.4, 0.5) is 0 Å². The zero-order valence-corrected chi connectivity index (χ0v) is 14.3. The summed E-state index contributed by atoms with van der Waals surface area (Å²) in [5, 5.41) is 0.732. The van der Waals surface area contributed by atoms with Crippen molar-refractivity contribution in [2.24, 2.45) is 5.41 Å². The highest BCUT2D eigenvalue weighted by molar-refractivity contribution is 14.1. The third-order valence-electron chi connectivity index (χ3n) is 3.75. The van der Waals surface area contributed by atoms with Gasteiger partial charge in [-0.15, -0.1) is 0 Å². The number of nitrogens with zero attached hydrogens (tertiary/aromatic N) is 1. The van der Waals surface area contributed by atoms with E-state index in [1.807, 2.05) is 30.5 Å². The summed E-state index contributed by atoms with van der Waals surface area (Å²) in [6.07, 6.45) is 3.54. The van der Waals surface area contributed by atoms with Gasteiger partial charge in [0.1, 0.15) is 0 Å². The van der Waals surface area contributed by atoms with Gasteiger partial charge in [-0.1, -0.05) is 25.4 Å². The summed E-state index contributed by atoms with van der Waals surface area (Å²) >= 11 is 8.31. The zero-order chi connectivity index (χ0) is 14.5. The molecule has 0 radical (unpaired) electrons. The first-order valence-corrected chi connectivity index (χ1v) is 8.02. The monoisotopic (exact) mass is 399 g/mol. The van der Waals surface area contributed by atoms with Crippen LogP contribution in [0.3, 0.4) is 0 Å². The molecule has 0 saturated heterocycles. The minimum absolute atomic E-state index is 0.0258. The Morgan fingerprint density at radius 3 is 2.70 bits per heavy atom. The Morgan fingerprint density at radius 2 is 2.00 bits per heavy atom. The molecule has 20 heavy (non-hydrogen) atoms. The molecule has 104 valence electrons. The summed E-state index contributed by atoms with van der Waals surface area (Å²) in [7, 11) is 0. The van der Waals surface area contributed by atoms with Crippen molar-refractivity contribution in [3.8, 4) is 5.69 Å². The van der Waals surface area contributed by atoms with Crippen molar-refractivity contribution >= 4 is 40.0 Å². The Labute approximate surface area is 137 Å². The minimum atomic E-state index is 0.0258. The zero-order valence-electron chi connectivity index (χ0n) is 11.4. The first-order chi connectivity index (χ1) is 9.37. The van der Waals surface area contributed by atoms with Crippen molar-refractivity contribution in [3.05, 3.63) is 50.3 Å². The molecule has 0 spiro atoms. The van der Waals surface area contributed by atoms with Gasteiger partial charge >= 0.3 is 0 Å². The molecule has 0 atom stereocenters. The Bertz CT molecular complexity index is 702. The van der Waals surface area contributed by atoms with E-state index in [-0.39, 0.29) is 11.2 Å². The Balaban J connectivity index is 2.16. The molecular formula is C16H15ClINO. The molecule has 0 amide bonds. The second-order valence-electron chi connectivity index (χ2n) is 6.08. The van der Waals surface area contributed by atoms with Gasteiger partial charge in [-0.2, -0.15) is 0 Å². The first kappa shape index (κ1) is 14.1.